The van der Waals surface area contributed by atoms with Crippen LogP contribution in [0.3, 0.4) is 0 Å². The topological polar surface area (TPSA) is 68.9 Å². The molecule has 4 rings (SSSR count). The molecule has 0 unspecified atom stereocenters. The summed E-state index contributed by atoms with van der Waals surface area (Å²) in [5.74, 6) is 0.818. The molecule has 2 aromatic heterocycles. The van der Waals surface area contributed by atoms with Gasteiger partial charge in [0.15, 0.2) is 5.82 Å². The lowest BCUT2D eigenvalue weighted by atomic mass is 10.0. The number of rotatable bonds is 4. The Bertz CT molecular complexity index is 825. The van der Waals surface area contributed by atoms with Gasteiger partial charge in [-0.2, -0.15) is 5.10 Å². The summed E-state index contributed by atoms with van der Waals surface area (Å²) in [7, 11) is 0. The summed E-state index contributed by atoms with van der Waals surface area (Å²) >= 11 is 6.03. The molecule has 1 saturated heterocycles. The van der Waals surface area contributed by atoms with Crippen molar-refractivity contribution in [2.75, 3.05) is 31.6 Å². The first kappa shape index (κ1) is 16.1. The average molecular weight is 355 g/mol. The zero-order valence-electron chi connectivity index (χ0n) is 13.7. The van der Waals surface area contributed by atoms with Crippen LogP contribution in [0.2, 0.25) is 5.02 Å². The van der Waals surface area contributed by atoms with Gasteiger partial charge in [-0.05, 0) is 29.8 Å². The predicted octanol–water partition coefficient (Wildman–Crippen LogP) is 3.02. The molecule has 0 atom stereocenters. The molecular weight excluding hydrogens is 336 g/mol. The second-order valence-electron chi connectivity index (χ2n) is 5.91. The Morgan fingerprint density at radius 3 is 2.40 bits per heavy atom. The molecule has 128 valence electrons. The fourth-order valence-electron chi connectivity index (χ4n) is 2.97. The summed E-state index contributed by atoms with van der Waals surface area (Å²) in [5, 5.41) is 14.0. The van der Waals surface area contributed by atoms with Crippen LogP contribution in [0.4, 0.5) is 5.82 Å². The summed E-state index contributed by atoms with van der Waals surface area (Å²) < 4.78 is 0. The number of benzene rings is 1. The maximum Gasteiger partial charge on any atom is 0.170 e. The largest absolute Gasteiger partial charge is 0.314 e. The number of pyridine rings is 1. The zero-order chi connectivity index (χ0) is 17.1. The molecule has 3 N–H and O–H groups in total. The highest BCUT2D eigenvalue weighted by Gasteiger charge is 2.19. The van der Waals surface area contributed by atoms with E-state index in [0.717, 1.165) is 54.4 Å². The van der Waals surface area contributed by atoms with E-state index < -0.39 is 0 Å². The Balaban J connectivity index is 1.75. The quantitative estimate of drug-likeness (QED) is 0.672. The van der Waals surface area contributed by atoms with Crippen LogP contribution < -0.4 is 10.7 Å². The number of aromatic nitrogens is 3. The smallest absolute Gasteiger partial charge is 0.170 e. The van der Waals surface area contributed by atoms with Gasteiger partial charge in [0.2, 0.25) is 0 Å². The standard InChI is InChI=1S/C18H19ClN6/c19-15-3-1-14(2-4-15)17-16(13-5-7-20-8-6-13)18(23-22-17)24-25-11-9-21-10-12-25/h1-8,21H,9-12H2,(H2,22,23,24). The molecule has 0 radical (unpaired) electrons. The lowest BCUT2D eigenvalue weighted by Gasteiger charge is -2.28. The fourth-order valence-corrected chi connectivity index (χ4v) is 3.10. The molecule has 1 fully saturated rings. The molecule has 3 heterocycles. The maximum atomic E-state index is 6.03. The van der Waals surface area contributed by atoms with E-state index in [0.29, 0.717) is 5.02 Å². The van der Waals surface area contributed by atoms with Gasteiger partial charge in [-0.25, -0.2) is 5.01 Å². The first-order valence-electron chi connectivity index (χ1n) is 8.28. The van der Waals surface area contributed by atoms with E-state index in [2.05, 4.69) is 30.9 Å². The minimum atomic E-state index is 0.716. The molecule has 0 saturated carbocycles. The van der Waals surface area contributed by atoms with Gasteiger partial charge in [0.25, 0.3) is 0 Å². The lowest BCUT2D eigenvalue weighted by Crippen LogP contribution is -2.46. The molecule has 25 heavy (non-hydrogen) atoms. The van der Waals surface area contributed by atoms with Crippen molar-refractivity contribution in [3.8, 4) is 22.4 Å². The summed E-state index contributed by atoms with van der Waals surface area (Å²) in [4.78, 5) is 4.13. The number of hydrazine groups is 1. The zero-order valence-corrected chi connectivity index (χ0v) is 14.4. The third-order valence-electron chi connectivity index (χ3n) is 4.25. The third-order valence-corrected chi connectivity index (χ3v) is 4.50. The number of halogens is 1. The van der Waals surface area contributed by atoms with Gasteiger partial charge in [-0.15, -0.1) is 0 Å². The average Bonchev–Trinajstić information content (AvgIpc) is 3.07. The molecule has 0 aliphatic carbocycles. The third kappa shape index (κ3) is 3.51. The number of piperazine rings is 1. The van der Waals surface area contributed by atoms with E-state index in [9.17, 15) is 0 Å². The SMILES string of the molecule is Clc1ccc(-c2[nH]nc(NN3CCNCC3)c2-c2ccncc2)cc1. The van der Waals surface area contributed by atoms with Crippen LogP contribution >= 0.6 is 11.6 Å². The summed E-state index contributed by atoms with van der Waals surface area (Å²) in [5.41, 5.74) is 7.54. The van der Waals surface area contributed by atoms with Crippen LogP contribution in [-0.4, -0.2) is 46.4 Å². The minimum absolute atomic E-state index is 0.716. The Morgan fingerprint density at radius 2 is 1.68 bits per heavy atom. The number of nitrogens with one attached hydrogen (secondary N) is 3. The van der Waals surface area contributed by atoms with Crippen molar-refractivity contribution in [2.45, 2.75) is 0 Å². The van der Waals surface area contributed by atoms with Crippen LogP contribution in [-0.2, 0) is 0 Å². The van der Waals surface area contributed by atoms with Crippen molar-refractivity contribution in [1.82, 2.24) is 25.5 Å². The molecule has 1 aliphatic heterocycles. The Labute approximate surface area is 151 Å². The molecule has 0 bridgehead atoms. The fraction of sp³-hybridized carbons (Fsp3) is 0.222. The second-order valence-corrected chi connectivity index (χ2v) is 6.35. The van der Waals surface area contributed by atoms with Gasteiger partial charge in [0, 0.05) is 49.2 Å². The number of nitrogens with zero attached hydrogens (tertiary/aromatic N) is 3. The van der Waals surface area contributed by atoms with Crippen molar-refractivity contribution < 1.29 is 0 Å². The van der Waals surface area contributed by atoms with Crippen molar-refractivity contribution >= 4 is 17.4 Å². The molecule has 0 amide bonds. The predicted molar refractivity (Wildman–Crippen MR) is 100 cm³/mol. The summed E-state index contributed by atoms with van der Waals surface area (Å²) in [6, 6.07) is 11.7. The molecule has 7 heteroatoms. The number of H-pyrrole nitrogens is 1. The van der Waals surface area contributed by atoms with Crippen molar-refractivity contribution in [2.24, 2.45) is 0 Å². The van der Waals surface area contributed by atoms with Gasteiger partial charge in [0.05, 0.1) is 11.3 Å². The monoisotopic (exact) mass is 354 g/mol. The molecule has 3 aromatic rings. The first-order valence-corrected chi connectivity index (χ1v) is 8.66. The van der Waals surface area contributed by atoms with Gasteiger partial charge in [-0.1, -0.05) is 23.7 Å². The number of aromatic amines is 1. The molecular formula is C18H19ClN6. The van der Waals surface area contributed by atoms with Gasteiger partial charge < -0.3 is 10.7 Å². The van der Waals surface area contributed by atoms with Crippen LogP contribution in [0, 0.1) is 0 Å². The lowest BCUT2D eigenvalue weighted by molar-refractivity contribution is 0.286. The number of hydrogen-bond donors (Lipinski definition) is 3. The Morgan fingerprint density at radius 1 is 0.960 bits per heavy atom. The van der Waals surface area contributed by atoms with Crippen LogP contribution in [0.15, 0.2) is 48.8 Å². The highest BCUT2D eigenvalue weighted by atomic mass is 35.5. The highest BCUT2D eigenvalue weighted by molar-refractivity contribution is 6.30. The molecule has 1 aromatic carbocycles. The van der Waals surface area contributed by atoms with Gasteiger partial charge in [-0.3, -0.25) is 10.1 Å². The molecule has 1 aliphatic rings. The minimum Gasteiger partial charge on any atom is -0.314 e. The summed E-state index contributed by atoms with van der Waals surface area (Å²) in [6.45, 7) is 3.79. The second kappa shape index (κ2) is 7.23. The first-order chi connectivity index (χ1) is 12.3. The normalized spacial score (nSPS) is 15.2. The Hall–Kier alpha value is -2.41. The molecule has 6 nitrogen and oxygen atoms in total. The van der Waals surface area contributed by atoms with Crippen LogP contribution in [0.1, 0.15) is 0 Å². The number of hydrogen-bond acceptors (Lipinski definition) is 5. The van der Waals surface area contributed by atoms with Crippen LogP contribution in [0.5, 0.6) is 0 Å². The van der Waals surface area contributed by atoms with E-state index in [1.54, 1.807) is 12.4 Å². The number of anilines is 1. The molecule has 0 spiro atoms. The van der Waals surface area contributed by atoms with Gasteiger partial charge in [0.1, 0.15) is 0 Å². The van der Waals surface area contributed by atoms with E-state index in [1.165, 1.54) is 0 Å². The Kier molecular flexibility index (Phi) is 4.65. The maximum absolute atomic E-state index is 6.03. The van der Waals surface area contributed by atoms with Crippen LogP contribution in [0.25, 0.3) is 22.4 Å². The van der Waals surface area contributed by atoms with E-state index in [4.69, 9.17) is 11.6 Å². The summed E-state index contributed by atoms with van der Waals surface area (Å²) in [6.07, 6.45) is 3.59. The van der Waals surface area contributed by atoms with Gasteiger partial charge >= 0.3 is 0 Å². The van der Waals surface area contributed by atoms with Crippen molar-refractivity contribution in [3.05, 3.63) is 53.8 Å². The van der Waals surface area contributed by atoms with E-state index >= 15 is 0 Å². The van der Waals surface area contributed by atoms with E-state index in [-0.39, 0.29) is 0 Å². The van der Waals surface area contributed by atoms with Crippen molar-refractivity contribution in [3.63, 3.8) is 0 Å². The van der Waals surface area contributed by atoms with Crippen molar-refractivity contribution in [1.29, 1.82) is 0 Å². The van der Waals surface area contributed by atoms with E-state index in [1.807, 2.05) is 36.4 Å². The highest BCUT2D eigenvalue weighted by Crippen LogP contribution is 2.36.